The molecule has 0 aliphatic heterocycles. The fourth-order valence-electron chi connectivity index (χ4n) is 1.06. The molecule has 0 fully saturated rings. The summed E-state index contributed by atoms with van der Waals surface area (Å²) < 4.78 is 5.52. The summed E-state index contributed by atoms with van der Waals surface area (Å²) in [4.78, 5) is 4.10. The van der Waals surface area contributed by atoms with Crippen molar-refractivity contribution in [1.29, 1.82) is 0 Å². The number of rotatable bonds is 6. The number of unbranched alkanes of at least 4 members (excludes halogenated alkanes) is 1. The minimum absolute atomic E-state index is 0.721. The average molecular weight is 192 g/mol. The van der Waals surface area contributed by atoms with E-state index in [0.717, 1.165) is 31.0 Å². The highest BCUT2D eigenvalue weighted by molar-refractivity contribution is 5.39. The van der Waals surface area contributed by atoms with Gasteiger partial charge < -0.3 is 10.1 Å². The molecular weight excluding hydrogens is 176 g/mol. The Morgan fingerprint density at radius 1 is 1.64 bits per heavy atom. The van der Waals surface area contributed by atoms with Crippen LogP contribution >= 0.6 is 0 Å². The molecule has 0 saturated heterocycles. The van der Waals surface area contributed by atoms with E-state index < -0.39 is 0 Å². The molecule has 1 N–H and O–H groups in total. The Morgan fingerprint density at radius 2 is 2.50 bits per heavy atom. The van der Waals surface area contributed by atoms with Crippen molar-refractivity contribution in [3.8, 4) is 5.75 Å². The highest BCUT2D eigenvalue weighted by Crippen LogP contribution is 2.14. The van der Waals surface area contributed by atoms with Gasteiger partial charge >= 0.3 is 0 Å². The second kappa shape index (κ2) is 6.02. The second-order valence-corrected chi connectivity index (χ2v) is 2.91. The first-order valence-corrected chi connectivity index (χ1v) is 4.74. The van der Waals surface area contributed by atoms with Crippen molar-refractivity contribution in [1.82, 2.24) is 4.98 Å². The molecule has 76 valence electrons. The summed E-state index contributed by atoms with van der Waals surface area (Å²) in [5.74, 6) is 1.68. The zero-order valence-electron chi connectivity index (χ0n) is 8.49. The molecule has 0 saturated carbocycles. The Labute approximate surface area is 84.8 Å². The summed E-state index contributed by atoms with van der Waals surface area (Å²) in [5.41, 5.74) is 0. The van der Waals surface area contributed by atoms with Gasteiger partial charge in [0.15, 0.2) is 0 Å². The largest absolute Gasteiger partial charge is 0.493 e. The molecule has 3 nitrogen and oxygen atoms in total. The van der Waals surface area contributed by atoms with Gasteiger partial charge in [-0.15, -0.1) is 6.58 Å². The lowest BCUT2D eigenvalue weighted by Crippen LogP contribution is -1.98. The van der Waals surface area contributed by atoms with E-state index >= 15 is 0 Å². The molecule has 14 heavy (non-hydrogen) atoms. The minimum atomic E-state index is 0.721. The molecule has 1 rings (SSSR count). The highest BCUT2D eigenvalue weighted by atomic mass is 16.5. The Hall–Kier alpha value is -1.51. The van der Waals surface area contributed by atoms with Crippen LogP contribution in [0, 0.1) is 0 Å². The topological polar surface area (TPSA) is 34.1 Å². The maximum Gasteiger partial charge on any atom is 0.129 e. The molecule has 0 bridgehead atoms. The number of ether oxygens (including phenoxy) is 1. The zero-order valence-corrected chi connectivity index (χ0v) is 8.49. The normalized spacial score (nSPS) is 9.50. The average Bonchev–Trinajstić information content (AvgIpc) is 2.25. The quantitative estimate of drug-likeness (QED) is 0.555. The molecule has 0 atom stereocenters. The SMILES string of the molecule is C=CCCCOc1ccnc(NC)c1. The molecule has 3 heteroatoms. The fourth-order valence-corrected chi connectivity index (χ4v) is 1.06. The molecule has 0 aromatic carbocycles. The summed E-state index contributed by atoms with van der Waals surface area (Å²) in [6.07, 6.45) is 5.62. The fraction of sp³-hybridized carbons (Fsp3) is 0.364. The smallest absolute Gasteiger partial charge is 0.129 e. The van der Waals surface area contributed by atoms with Gasteiger partial charge in [0.25, 0.3) is 0 Å². The van der Waals surface area contributed by atoms with Crippen LogP contribution in [-0.2, 0) is 0 Å². The first-order chi connectivity index (χ1) is 6.86. The van der Waals surface area contributed by atoms with E-state index in [1.165, 1.54) is 0 Å². The molecule has 0 aliphatic carbocycles. The number of pyridine rings is 1. The number of aromatic nitrogens is 1. The van der Waals surface area contributed by atoms with Gasteiger partial charge in [-0.1, -0.05) is 6.08 Å². The lowest BCUT2D eigenvalue weighted by atomic mass is 10.3. The molecule has 0 aliphatic rings. The molecule has 1 aromatic rings. The van der Waals surface area contributed by atoms with Gasteiger partial charge in [0, 0.05) is 19.3 Å². The summed E-state index contributed by atoms with van der Waals surface area (Å²) >= 11 is 0. The van der Waals surface area contributed by atoms with E-state index in [1.54, 1.807) is 6.20 Å². The van der Waals surface area contributed by atoms with Crippen LogP contribution in [0.5, 0.6) is 5.75 Å². The van der Waals surface area contributed by atoms with Gasteiger partial charge in [-0.25, -0.2) is 4.98 Å². The Kier molecular flexibility index (Phi) is 4.55. The number of nitrogens with zero attached hydrogens (tertiary/aromatic N) is 1. The third-order valence-corrected chi connectivity index (χ3v) is 1.81. The van der Waals surface area contributed by atoms with Crippen molar-refractivity contribution >= 4 is 5.82 Å². The number of allylic oxidation sites excluding steroid dienone is 1. The van der Waals surface area contributed by atoms with Crippen LogP contribution in [0.4, 0.5) is 5.82 Å². The van der Waals surface area contributed by atoms with Crippen LogP contribution < -0.4 is 10.1 Å². The van der Waals surface area contributed by atoms with Crippen LogP contribution in [0.1, 0.15) is 12.8 Å². The summed E-state index contributed by atoms with van der Waals surface area (Å²) in [5, 5.41) is 2.96. The van der Waals surface area contributed by atoms with Crippen molar-refractivity contribution in [2.45, 2.75) is 12.8 Å². The summed E-state index contributed by atoms with van der Waals surface area (Å²) in [6.45, 7) is 4.38. The van der Waals surface area contributed by atoms with Crippen LogP contribution in [0.3, 0.4) is 0 Å². The maximum atomic E-state index is 5.52. The lowest BCUT2D eigenvalue weighted by molar-refractivity contribution is 0.312. The number of hydrogen-bond donors (Lipinski definition) is 1. The van der Waals surface area contributed by atoms with Crippen molar-refractivity contribution in [2.75, 3.05) is 19.0 Å². The van der Waals surface area contributed by atoms with Crippen LogP contribution in [0.15, 0.2) is 31.0 Å². The third-order valence-electron chi connectivity index (χ3n) is 1.81. The number of nitrogens with one attached hydrogen (secondary N) is 1. The third kappa shape index (κ3) is 3.47. The predicted molar refractivity (Wildman–Crippen MR) is 58.7 cm³/mol. The van der Waals surface area contributed by atoms with E-state index in [4.69, 9.17) is 4.74 Å². The molecule has 1 aromatic heterocycles. The first kappa shape index (κ1) is 10.6. The van der Waals surface area contributed by atoms with Crippen LogP contribution in [0.25, 0.3) is 0 Å². The van der Waals surface area contributed by atoms with Gasteiger partial charge in [-0.3, -0.25) is 0 Å². The van der Waals surface area contributed by atoms with Crippen molar-refractivity contribution in [3.05, 3.63) is 31.0 Å². The number of anilines is 1. The first-order valence-electron chi connectivity index (χ1n) is 4.74. The maximum absolute atomic E-state index is 5.52. The van der Waals surface area contributed by atoms with Crippen LogP contribution in [-0.4, -0.2) is 18.6 Å². The van der Waals surface area contributed by atoms with Gasteiger partial charge in [0.2, 0.25) is 0 Å². The Bertz CT molecular complexity index is 286. The van der Waals surface area contributed by atoms with E-state index in [1.807, 2.05) is 25.3 Å². The summed E-state index contributed by atoms with van der Waals surface area (Å²) in [7, 11) is 1.84. The van der Waals surface area contributed by atoms with E-state index in [-0.39, 0.29) is 0 Å². The summed E-state index contributed by atoms with van der Waals surface area (Å²) in [6, 6.07) is 3.74. The van der Waals surface area contributed by atoms with Crippen molar-refractivity contribution in [2.24, 2.45) is 0 Å². The second-order valence-electron chi connectivity index (χ2n) is 2.91. The molecule has 0 radical (unpaired) electrons. The Morgan fingerprint density at radius 3 is 3.21 bits per heavy atom. The molecule has 1 heterocycles. The van der Waals surface area contributed by atoms with Gasteiger partial charge in [-0.05, 0) is 18.9 Å². The van der Waals surface area contributed by atoms with Crippen molar-refractivity contribution < 1.29 is 4.74 Å². The van der Waals surface area contributed by atoms with Gasteiger partial charge in [-0.2, -0.15) is 0 Å². The molecular formula is C11H16N2O. The molecule has 0 spiro atoms. The van der Waals surface area contributed by atoms with Gasteiger partial charge in [0.1, 0.15) is 11.6 Å². The molecule has 0 unspecified atom stereocenters. The highest BCUT2D eigenvalue weighted by Gasteiger charge is 1.95. The van der Waals surface area contributed by atoms with Crippen LogP contribution in [0.2, 0.25) is 0 Å². The van der Waals surface area contributed by atoms with Crippen molar-refractivity contribution in [3.63, 3.8) is 0 Å². The standard InChI is InChI=1S/C11H16N2O/c1-3-4-5-8-14-10-6-7-13-11(9-10)12-2/h3,6-7,9H,1,4-5,8H2,2H3,(H,12,13). The monoisotopic (exact) mass is 192 g/mol. The van der Waals surface area contributed by atoms with Gasteiger partial charge in [0.05, 0.1) is 6.61 Å². The predicted octanol–water partition coefficient (Wildman–Crippen LogP) is 2.47. The molecule has 0 amide bonds. The minimum Gasteiger partial charge on any atom is -0.493 e. The Balaban J connectivity index is 2.38. The number of hydrogen-bond acceptors (Lipinski definition) is 3. The zero-order chi connectivity index (χ0) is 10.2. The van der Waals surface area contributed by atoms with E-state index in [2.05, 4.69) is 16.9 Å². The lowest BCUT2D eigenvalue weighted by Gasteiger charge is -2.06. The van der Waals surface area contributed by atoms with E-state index in [0.29, 0.717) is 0 Å². The van der Waals surface area contributed by atoms with E-state index in [9.17, 15) is 0 Å².